The number of hydrogen-bond donors (Lipinski definition) is 1. The van der Waals surface area contributed by atoms with Gasteiger partial charge in [0.25, 0.3) is 0 Å². The molecule has 0 bridgehead atoms. The van der Waals surface area contributed by atoms with Crippen LogP contribution in [0.4, 0.5) is 4.79 Å². The quantitative estimate of drug-likeness (QED) is 0.849. The molecule has 2 aliphatic rings. The zero-order valence-electron chi connectivity index (χ0n) is 13.5. The molecule has 2 saturated heterocycles. The summed E-state index contributed by atoms with van der Waals surface area (Å²) in [4.78, 5) is 24.6. The Morgan fingerprint density at radius 3 is 2.36 bits per heavy atom. The van der Waals surface area contributed by atoms with Crippen LogP contribution in [0.3, 0.4) is 0 Å². The predicted molar refractivity (Wildman–Crippen MR) is 77.7 cm³/mol. The topological polar surface area (TPSA) is 85.3 Å². The summed E-state index contributed by atoms with van der Waals surface area (Å²) in [5.41, 5.74) is -1.37. The lowest BCUT2D eigenvalue weighted by Gasteiger charge is -2.50. The van der Waals surface area contributed by atoms with Gasteiger partial charge in [-0.2, -0.15) is 0 Å². The van der Waals surface area contributed by atoms with Crippen molar-refractivity contribution in [1.82, 2.24) is 4.90 Å². The second-order valence-electron chi connectivity index (χ2n) is 7.02. The van der Waals surface area contributed by atoms with E-state index in [4.69, 9.17) is 19.3 Å². The van der Waals surface area contributed by atoms with Gasteiger partial charge in [0.1, 0.15) is 11.2 Å². The maximum absolute atomic E-state index is 12.0. The summed E-state index contributed by atoms with van der Waals surface area (Å²) in [5.74, 6) is -0.920. The average molecular weight is 315 g/mol. The van der Waals surface area contributed by atoms with Crippen LogP contribution in [0, 0.1) is 0 Å². The summed E-state index contributed by atoms with van der Waals surface area (Å²) in [6, 6.07) is 0. The highest BCUT2D eigenvalue weighted by molar-refractivity contribution is 5.72. The third-order valence-corrected chi connectivity index (χ3v) is 3.67. The molecule has 1 N–H and O–H groups in total. The van der Waals surface area contributed by atoms with E-state index in [9.17, 15) is 9.59 Å². The summed E-state index contributed by atoms with van der Waals surface area (Å²) in [6.45, 7) is 7.17. The molecule has 22 heavy (non-hydrogen) atoms. The molecule has 0 aromatic heterocycles. The second-order valence-corrected chi connectivity index (χ2v) is 7.02. The molecule has 0 aromatic rings. The van der Waals surface area contributed by atoms with Crippen LogP contribution in [-0.4, -0.2) is 65.7 Å². The van der Waals surface area contributed by atoms with Gasteiger partial charge in [-0.05, 0) is 33.6 Å². The molecule has 2 heterocycles. The standard InChI is InChI=1S/C15H25NO6/c1-14(2,3)22-13(19)16-9-15(10-16,8-12(17)18)21-11-4-6-20-7-5-11/h11H,4-10H2,1-3H3,(H,17,18). The van der Waals surface area contributed by atoms with E-state index in [1.54, 1.807) is 20.8 Å². The molecule has 0 aromatic carbocycles. The number of aliphatic carboxylic acids is 1. The fraction of sp³-hybridized carbons (Fsp3) is 0.867. The smallest absolute Gasteiger partial charge is 0.410 e. The van der Waals surface area contributed by atoms with Gasteiger partial charge in [0, 0.05) is 13.2 Å². The van der Waals surface area contributed by atoms with E-state index in [0.29, 0.717) is 13.2 Å². The zero-order valence-corrected chi connectivity index (χ0v) is 13.5. The van der Waals surface area contributed by atoms with Crippen LogP contribution in [0.1, 0.15) is 40.0 Å². The SMILES string of the molecule is CC(C)(C)OC(=O)N1CC(CC(=O)O)(OC2CCOCC2)C1. The molecule has 2 aliphatic heterocycles. The van der Waals surface area contributed by atoms with Crippen molar-refractivity contribution in [2.45, 2.75) is 57.3 Å². The van der Waals surface area contributed by atoms with E-state index in [2.05, 4.69) is 0 Å². The van der Waals surface area contributed by atoms with Crippen molar-refractivity contribution in [3.8, 4) is 0 Å². The Hall–Kier alpha value is -1.34. The van der Waals surface area contributed by atoms with Gasteiger partial charge in [-0.15, -0.1) is 0 Å². The van der Waals surface area contributed by atoms with Gasteiger partial charge >= 0.3 is 12.1 Å². The van der Waals surface area contributed by atoms with Crippen molar-refractivity contribution in [2.24, 2.45) is 0 Å². The highest BCUT2D eigenvalue weighted by Gasteiger charge is 2.50. The largest absolute Gasteiger partial charge is 0.481 e. The molecule has 126 valence electrons. The number of ether oxygens (including phenoxy) is 3. The molecule has 0 unspecified atom stereocenters. The van der Waals surface area contributed by atoms with E-state index in [-0.39, 0.29) is 25.6 Å². The number of carbonyl (C=O) groups excluding carboxylic acids is 1. The lowest BCUT2D eigenvalue weighted by atomic mass is 9.89. The number of hydrogen-bond acceptors (Lipinski definition) is 5. The maximum atomic E-state index is 12.0. The number of amides is 1. The molecule has 0 spiro atoms. The highest BCUT2D eigenvalue weighted by Crippen LogP contribution is 2.33. The first-order chi connectivity index (χ1) is 10.2. The third-order valence-electron chi connectivity index (χ3n) is 3.67. The number of nitrogens with zero attached hydrogens (tertiary/aromatic N) is 1. The third kappa shape index (κ3) is 4.58. The minimum absolute atomic E-state index is 0.00566. The van der Waals surface area contributed by atoms with Crippen molar-refractivity contribution < 1.29 is 28.9 Å². The minimum Gasteiger partial charge on any atom is -0.481 e. The van der Waals surface area contributed by atoms with Gasteiger partial charge in [0.2, 0.25) is 0 Å². The van der Waals surface area contributed by atoms with Gasteiger partial charge < -0.3 is 24.2 Å². The lowest BCUT2D eigenvalue weighted by Crippen LogP contribution is -2.67. The number of carbonyl (C=O) groups is 2. The van der Waals surface area contributed by atoms with Crippen LogP contribution in [-0.2, 0) is 19.0 Å². The van der Waals surface area contributed by atoms with E-state index >= 15 is 0 Å². The molecule has 1 amide bonds. The second kappa shape index (κ2) is 6.42. The van der Waals surface area contributed by atoms with E-state index < -0.39 is 23.3 Å². The molecule has 2 rings (SSSR count). The first kappa shape index (κ1) is 17.0. The van der Waals surface area contributed by atoms with Crippen molar-refractivity contribution in [2.75, 3.05) is 26.3 Å². The number of carboxylic acids is 1. The van der Waals surface area contributed by atoms with Gasteiger partial charge in [-0.3, -0.25) is 4.79 Å². The number of rotatable bonds is 4. The van der Waals surface area contributed by atoms with Crippen LogP contribution in [0.2, 0.25) is 0 Å². The first-order valence-electron chi connectivity index (χ1n) is 7.64. The van der Waals surface area contributed by atoms with Crippen molar-refractivity contribution in [1.29, 1.82) is 0 Å². The fourth-order valence-electron chi connectivity index (χ4n) is 2.76. The monoisotopic (exact) mass is 315 g/mol. The van der Waals surface area contributed by atoms with Gasteiger partial charge in [-0.25, -0.2) is 4.79 Å². The maximum Gasteiger partial charge on any atom is 0.410 e. The molecule has 0 atom stereocenters. The molecule has 0 saturated carbocycles. The average Bonchev–Trinajstić information content (AvgIpc) is 2.33. The normalized spacial score (nSPS) is 22.0. The molecule has 0 aliphatic carbocycles. The summed E-state index contributed by atoms with van der Waals surface area (Å²) in [5, 5.41) is 9.12. The van der Waals surface area contributed by atoms with Gasteiger partial charge in [0.15, 0.2) is 0 Å². The molecule has 7 heteroatoms. The Morgan fingerprint density at radius 1 is 1.27 bits per heavy atom. The molecule has 7 nitrogen and oxygen atoms in total. The van der Waals surface area contributed by atoms with Crippen molar-refractivity contribution in [3.05, 3.63) is 0 Å². The van der Waals surface area contributed by atoms with Gasteiger partial charge in [0.05, 0.1) is 25.6 Å². The number of likely N-dealkylation sites (tertiary alicyclic amines) is 1. The van der Waals surface area contributed by atoms with Crippen LogP contribution in [0.15, 0.2) is 0 Å². The van der Waals surface area contributed by atoms with Crippen molar-refractivity contribution in [3.63, 3.8) is 0 Å². The van der Waals surface area contributed by atoms with Crippen LogP contribution >= 0.6 is 0 Å². The predicted octanol–water partition coefficient (Wildman–Crippen LogP) is 1.65. The Labute approximate surface area is 130 Å². The van der Waals surface area contributed by atoms with Gasteiger partial charge in [-0.1, -0.05) is 0 Å². The number of carboxylic acid groups (broad SMARTS) is 1. The summed E-state index contributed by atoms with van der Waals surface area (Å²) < 4.78 is 16.6. The molecular formula is C15H25NO6. The molecule has 0 radical (unpaired) electrons. The summed E-state index contributed by atoms with van der Waals surface area (Å²) in [7, 11) is 0. The first-order valence-corrected chi connectivity index (χ1v) is 7.64. The minimum atomic E-state index is -0.920. The highest BCUT2D eigenvalue weighted by atomic mass is 16.6. The fourth-order valence-corrected chi connectivity index (χ4v) is 2.76. The Kier molecular flexibility index (Phi) is 4.97. The summed E-state index contributed by atoms with van der Waals surface area (Å²) >= 11 is 0. The van der Waals surface area contributed by atoms with E-state index in [0.717, 1.165) is 12.8 Å². The van der Waals surface area contributed by atoms with E-state index in [1.165, 1.54) is 4.90 Å². The van der Waals surface area contributed by atoms with Crippen LogP contribution < -0.4 is 0 Å². The Morgan fingerprint density at radius 2 is 1.86 bits per heavy atom. The zero-order chi connectivity index (χ0) is 16.4. The lowest BCUT2D eigenvalue weighted by molar-refractivity contribution is -0.194. The summed E-state index contributed by atoms with van der Waals surface area (Å²) in [6.07, 6.45) is 0.976. The van der Waals surface area contributed by atoms with E-state index in [1.807, 2.05) is 0 Å². The Bertz CT molecular complexity index is 418. The molecular weight excluding hydrogens is 290 g/mol. The van der Waals surface area contributed by atoms with Crippen molar-refractivity contribution >= 4 is 12.1 Å². The molecule has 2 fully saturated rings. The Balaban J connectivity index is 1.92. The van der Waals surface area contributed by atoms with Crippen LogP contribution in [0.25, 0.3) is 0 Å². The van der Waals surface area contributed by atoms with Crippen LogP contribution in [0.5, 0.6) is 0 Å².